The monoisotopic (exact) mass is 350 g/mol. The predicted molar refractivity (Wildman–Crippen MR) is 86.2 cm³/mol. The van der Waals surface area contributed by atoms with Crippen LogP contribution in [0.3, 0.4) is 0 Å². The van der Waals surface area contributed by atoms with Crippen molar-refractivity contribution in [2.24, 2.45) is 5.14 Å². The molecule has 0 spiro atoms. The molecular formula is C15H18N4O4S. The van der Waals surface area contributed by atoms with Gasteiger partial charge >= 0.3 is 0 Å². The zero-order chi connectivity index (χ0) is 17.2. The Labute approximate surface area is 139 Å². The summed E-state index contributed by atoms with van der Waals surface area (Å²) in [6.07, 6.45) is 2.96. The van der Waals surface area contributed by atoms with Gasteiger partial charge in [0.2, 0.25) is 15.9 Å². The van der Waals surface area contributed by atoms with E-state index >= 15 is 0 Å². The third-order valence-corrected chi connectivity index (χ3v) is 4.67. The fourth-order valence-electron chi connectivity index (χ4n) is 2.49. The van der Waals surface area contributed by atoms with E-state index in [9.17, 15) is 13.2 Å². The molecule has 0 bridgehead atoms. The van der Waals surface area contributed by atoms with Crippen LogP contribution in [0.1, 0.15) is 22.3 Å². The lowest BCUT2D eigenvalue weighted by atomic mass is 10.1. The summed E-state index contributed by atoms with van der Waals surface area (Å²) in [7, 11) is -3.68. The number of amides is 1. The number of rotatable bonds is 5. The number of hydrogen-bond acceptors (Lipinski definition) is 5. The van der Waals surface area contributed by atoms with Crippen LogP contribution in [0.2, 0.25) is 0 Å². The molecule has 0 fully saturated rings. The van der Waals surface area contributed by atoms with Gasteiger partial charge in [0, 0.05) is 19.5 Å². The number of sulfonamides is 1. The molecule has 0 saturated heterocycles. The number of nitrogens with one attached hydrogen (secondary N) is 1. The Morgan fingerprint density at radius 2 is 2.08 bits per heavy atom. The second-order valence-electron chi connectivity index (χ2n) is 5.48. The predicted octanol–water partition coefficient (Wildman–Crippen LogP) is 0.285. The maximum Gasteiger partial charge on any atom is 0.258 e. The lowest BCUT2D eigenvalue weighted by molar-refractivity contribution is 0.0947. The summed E-state index contributed by atoms with van der Waals surface area (Å²) in [6.45, 7) is 1.75. The quantitative estimate of drug-likeness (QED) is 0.804. The Balaban J connectivity index is 1.56. The van der Waals surface area contributed by atoms with Gasteiger partial charge in [-0.25, -0.2) is 18.2 Å². The van der Waals surface area contributed by atoms with E-state index in [-0.39, 0.29) is 10.8 Å². The van der Waals surface area contributed by atoms with E-state index in [1.165, 1.54) is 18.3 Å². The minimum Gasteiger partial charge on any atom is -0.477 e. The van der Waals surface area contributed by atoms with E-state index in [2.05, 4.69) is 10.4 Å². The van der Waals surface area contributed by atoms with Gasteiger partial charge in [-0.05, 0) is 24.1 Å². The molecule has 24 heavy (non-hydrogen) atoms. The second-order valence-corrected chi connectivity index (χ2v) is 7.04. The molecule has 0 radical (unpaired) electrons. The highest BCUT2D eigenvalue weighted by atomic mass is 32.2. The summed E-state index contributed by atoms with van der Waals surface area (Å²) >= 11 is 0. The van der Waals surface area contributed by atoms with Crippen molar-refractivity contribution in [3.8, 4) is 5.88 Å². The van der Waals surface area contributed by atoms with Crippen LogP contribution in [-0.4, -0.2) is 37.3 Å². The van der Waals surface area contributed by atoms with Crippen molar-refractivity contribution in [3.63, 3.8) is 0 Å². The van der Waals surface area contributed by atoms with E-state index in [1.807, 2.05) is 0 Å². The molecule has 1 aliphatic heterocycles. The average Bonchev–Trinajstić information content (AvgIpc) is 2.98. The molecule has 1 aromatic carbocycles. The fourth-order valence-corrected chi connectivity index (χ4v) is 3.00. The molecule has 0 saturated carbocycles. The van der Waals surface area contributed by atoms with Gasteiger partial charge in [0.25, 0.3) is 5.91 Å². The van der Waals surface area contributed by atoms with Gasteiger partial charge in [0.15, 0.2) is 0 Å². The molecule has 0 aliphatic carbocycles. The largest absolute Gasteiger partial charge is 0.477 e. The van der Waals surface area contributed by atoms with Crippen LogP contribution in [0.15, 0.2) is 35.4 Å². The van der Waals surface area contributed by atoms with Crippen molar-refractivity contribution in [3.05, 3.63) is 41.6 Å². The smallest absolute Gasteiger partial charge is 0.258 e. The SMILES string of the molecule is NS(=O)(=O)c1ccc(CCNC(=O)c2cnn3c2OCCC3)cc1. The first kappa shape index (κ1) is 16.5. The molecule has 1 aromatic heterocycles. The van der Waals surface area contributed by atoms with Crippen LogP contribution in [-0.2, 0) is 23.0 Å². The lowest BCUT2D eigenvalue weighted by Gasteiger charge is -2.15. The number of nitrogens with two attached hydrogens (primary N) is 1. The molecule has 8 nitrogen and oxygen atoms in total. The summed E-state index contributed by atoms with van der Waals surface area (Å²) in [4.78, 5) is 12.3. The van der Waals surface area contributed by atoms with Crippen LogP contribution in [0, 0.1) is 0 Å². The first-order valence-corrected chi connectivity index (χ1v) is 9.08. The third kappa shape index (κ3) is 3.57. The van der Waals surface area contributed by atoms with Crippen molar-refractivity contribution >= 4 is 15.9 Å². The molecule has 1 amide bonds. The van der Waals surface area contributed by atoms with Crippen LogP contribution in [0.25, 0.3) is 0 Å². The normalized spacial score (nSPS) is 13.9. The summed E-state index contributed by atoms with van der Waals surface area (Å²) in [5.41, 5.74) is 1.33. The second kappa shape index (κ2) is 6.62. The van der Waals surface area contributed by atoms with E-state index in [4.69, 9.17) is 9.88 Å². The number of hydrogen-bond donors (Lipinski definition) is 2. The van der Waals surface area contributed by atoms with Crippen molar-refractivity contribution in [2.75, 3.05) is 13.2 Å². The molecule has 9 heteroatoms. The topological polar surface area (TPSA) is 116 Å². The Bertz CT molecular complexity index is 843. The van der Waals surface area contributed by atoms with Crippen LogP contribution in [0.5, 0.6) is 5.88 Å². The number of aryl methyl sites for hydroxylation is 1. The minimum atomic E-state index is -3.68. The summed E-state index contributed by atoms with van der Waals surface area (Å²) in [6, 6.07) is 6.26. The zero-order valence-electron chi connectivity index (χ0n) is 12.9. The van der Waals surface area contributed by atoms with Gasteiger partial charge in [0.05, 0.1) is 17.7 Å². The average molecular weight is 350 g/mol. The number of benzene rings is 1. The molecule has 1 aliphatic rings. The highest BCUT2D eigenvalue weighted by Gasteiger charge is 2.21. The van der Waals surface area contributed by atoms with Gasteiger partial charge < -0.3 is 10.1 Å². The number of carbonyl (C=O) groups is 1. The van der Waals surface area contributed by atoms with E-state index in [1.54, 1.807) is 16.8 Å². The molecule has 0 atom stereocenters. The summed E-state index contributed by atoms with van der Waals surface area (Å²) in [5.74, 6) is 0.274. The standard InChI is InChI=1S/C15H18N4O4S/c16-24(21,22)12-4-2-11(3-5-12)6-7-17-14(20)13-10-18-19-8-1-9-23-15(13)19/h2-5,10H,1,6-9H2,(H,17,20)(H2,16,21,22). The summed E-state index contributed by atoms with van der Waals surface area (Å²) < 4.78 is 29.6. The van der Waals surface area contributed by atoms with Crippen molar-refractivity contribution in [2.45, 2.75) is 24.3 Å². The minimum absolute atomic E-state index is 0.0685. The molecule has 0 unspecified atom stereocenters. The number of aromatic nitrogens is 2. The molecule has 2 heterocycles. The fraction of sp³-hybridized carbons (Fsp3) is 0.333. The van der Waals surface area contributed by atoms with Gasteiger partial charge in [0.1, 0.15) is 5.56 Å². The van der Waals surface area contributed by atoms with Crippen LogP contribution >= 0.6 is 0 Å². The summed E-state index contributed by atoms with van der Waals surface area (Å²) in [5, 5.41) is 12.0. The first-order chi connectivity index (χ1) is 11.4. The maximum atomic E-state index is 12.2. The van der Waals surface area contributed by atoms with Gasteiger partial charge in [-0.3, -0.25) is 4.79 Å². The van der Waals surface area contributed by atoms with Gasteiger partial charge in [-0.1, -0.05) is 12.1 Å². The number of fused-ring (bicyclic) bond motifs is 1. The first-order valence-electron chi connectivity index (χ1n) is 7.54. The Hall–Kier alpha value is -2.39. The van der Waals surface area contributed by atoms with Crippen molar-refractivity contribution < 1.29 is 17.9 Å². The van der Waals surface area contributed by atoms with Gasteiger partial charge in [-0.2, -0.15) is 5.10 Å². The van der Waals surface area contributed by atoms with Crippen LogP contribution < -0.4 is 15.2 Å². The highest BCUT2D eigenvalue weighted by Crippen LogP contribution is 2.21. The molecule has 2 aromatic rings. The van der Waals surface area contributed by atoms with E-state index in [0.717, 1.165) is 18.5 Å². The molecule has 3 rings (SSSR count). The molecular weight excluding hydrogens is 332 g/mol. The Morgan fingerprint density at radius 1 is 1.33 bits per heavy atom. The number of primary sulfonamides is 1. The van der Waals surface area contributed by atoms with Crippen molar-refractivity contribution in [1.29, 1.82) is 0 Å². The molecule has 3 N–H and O–H groups in total. The Morgan fingerprint density at radius 3 is 2.79 bits per heavy atom. The lowest BCUT2D eigenvalue weighted by Crippen LogP contribution is -2.26. The number of ether oxygens (including phenoxy) is 1. The maximum absolute atomic E-state index is 12.2. The van der Waals surface area contributed by atoms with Crippen molar-refractivity contribution in [1.82, 2.24) is 15.1 Å². The van der Waals surface area contributed by atoms with E-state index in [0.29, 0.717) is 31.0 Å². The molecule has 128 valence electrons. The number of carbonyl (C=O) groups excluding carboxylic acids is 1. The third-order valence-electron chi connectivity index (χ3n) is 3.74. The highest BCUT2D eigenvalue weighted by molar-refractivity contribution is 7.89. The van der Waals surface area contributed by atoms with E-state index < -0.39 is 10.0 Å². The van der Waals surface area contributed by atoms with Gasteiger partial charge in [-0.15, -0.1) is 0 Å². The Kier molecular flexibility index (Phi) is 4.54. The van der Waals surface area contributed by atoms with Crippen LogP contribution in [0.4, 0.5) is 0 Å². The zero-order valence-corrected chi connectivity index (χ0v) is 13.8. The number of nitrogens with zero attached hydrogens (tertiary/aromatic N) is 2.